The van der Waals surface area contributed by atoms with Gasteiger partial charge in [-0.1, -0.05) is 30.3 Å². The van der Waals surface area contributed by atoms with Crippen molar-refractivity contribution in [1.29, 1.82) is 0 Å². The molecule has 0 saturated heterocycles. The van der Waals surface area contributed by atoms with Crippen LogP contribution in [0.5, 0.6) is 5.75 Å². The van der Waals surface area contributed by atoms with Crippen molar-refractivity contribution in [2.45, 2.75) is 31.0 Å². The van der Waals surface area contributed by atoms with Gasteiger partial charge in [-0.25, -0.2) is 0 Å². The summed E-state index contributed by atoms with van der Waals surface area (Å²) >= 11 is 0. The number of aromatic hydroxyl groups is 1. The SMILES string of the molecule is CN(C)CC(=O)NCc1ccc(-c2ccc(O)c3c2CC2CC4C(N(C)C)C(O)=C(C(N)=O)C(=O)C4(O)C(O)=C2C3=O)cc1. The molecule has 0 bridgehead atoms. The number of hydrogen-bond acceptors (Lipinski definition) is 10. The third kappa shape index (κ3) is 4.84. The molecular weight excluding hydrogens is 568 g/mol. The minimum Gasteiger partial charge on any atom is -0.510 e. The number of likely N-dealkylation sites (N-methyl/N-ethyl adjacent to an activating group) is 2. The average Bonchev–Trinajstić information content (AvgIpc) is 2.93. The fourth-order valence-corrected chi connectivity index (χ4v) is 6.87. The molecule has 0 aromatic heterocycles. The van der Waals surface area contributed by atoms with Crippen LogP contribution < -0.4 is 11.1 Å². The summed E-state index contributed by atoms with van der Waals surface area (Å²) in [4.78, 5) is 54.9. The molecule has 2 aromatic carbocycles. The number of carbonyl (C=O) groups excluding carboxylic acids is 4. The number of aliphatic hydroxyl groups is 3. The van der Waals surface area contributed by atoms with E-state index in [1.807, 2.05) is 24.3 Å². The number of phenolic OH excluding ortho intramolecular Hbond substituents is 1. The Kier molecular flexibility index (Phi) is 7.87. The fraction of sp³-hybridized carbons (Fsp3) is 0.375. The summed E-state index contributed by atoms with van der Waals surface area (Å²) < 4.78 is 0. The maximum Gasteiger partial charge on any atom is 0.255 e. The summed E-state index contributed by atoms with van der Waals surface area (Å²) in [5.74, 6) is -7.00. The number of Topliss-reactive ketones (excluding diaryl/α,β-unsaturated/α-hetero) is 2. The molecule has 2 amide bonds. The molecule has 12 heteroatoms. The van der Waals surface area contributed by atoms with E-state index in [9.17, 15) is 39.6 Å². The topological polar surface area (TPSA) is 194 Å². The molecule has 7 N–H and O–H groups in total. The van der Waals surface area contributed by atoms with Crippen LogP contribution in [0.1, 0.15) is 27.9 Å². The van der Waals surface area contributed by atoms with Crippen LogP contribution in [-0.2, 0) is 27.3 Å². The van der Waals surface area contributed by atoms with Gasteiger partial charge < -0.3 is 36.4 Å². The Bertz CT molecular complexity index is 1640. The number of rotatable bonds is 7. The highest BCUT2D eigenvalue weighted by molar-refractivity contribution is 6.24. The van der Waals surface area contributed by atoms with Gasteiger partial charge in [0.05, 0.1) is 18.2 Å². The predicted octanol–water partition coefficient (Wildman–Crippen LogP) is 0.965. The molecule has 0 fully saturated rings. The average molecular weight is 605 g/mol. The number of carbonyl (C=O) groups is 4. The number of benzene rings is 2. The van der Waals surface area contributed by atoms with Crippen molar-refractivity contribution >= 4 is 23.4 Å². The van der Waals surface area contributed by atoms with Crippen molar-refractivity contribution in [1.82, 2.24) is 15.1 Å². The van der Waals surface area contributed by atoms with Crippen LogP contribution in [-0.4, -0.2) is 100.0 Å². The number of phenols is 1. The van der Waals surface area contributed by atoms with Gasteiger partial charge in [-0.3, -0.25) is 24.1 Å². The second kappa shape index (κ2) is 11.2. The van der Waals surface area contributed by atoms with Gasteiger partial charge in [0.1, 0.15) is 22.8 Å². The van der Waals surface area contributed by atoms with E-state index in [-0.39, 0.29) is 42.2 Å². The molecule has 12 nitrogen and oxygen atoms in total. The van der Waals surface area contributed by atoms with E-state index < -0.39 is 58.0 Å². The van der Waals surface area contributed by atoms with Crippen LogP contribution in [0.2, 0.25) is 0 Å². The molecule has 0 heterocycles. The number of fused-ring (bicyclic) bond motifs is 3. The summed E-state index contributed by atoms with van der Waals surface area (Å²) in [7, 11) is 6.78. The zero-order valence-corrected chi connectivity index (χ0v) is 24.9. The van der Waals surface area contributed by atoms with Gasteiger partial charge >= 0.3 is 0 Å². The van der Waals surface area contributed by atoms with Gasteiger partial charge in [-0.05, 0) is 75.3 Å². The molecule has 4 atom stereocenters. The molecule has 0 spiro atoms. The molecule has 2 aromatic rings. The molecule has 232 valence electrons. The van der Waals surface area contributed by atoms with Gasteiger partial charge in [0.15, 0.2) is 11.4 Å². The first-order valence-electron chi connectivity index (χ1n) is 14.2. The Balaban J connectivity index is 1.55. The molecule has 0 saturated carbocycles. The lowest BCUT2D eigenvalue weighted by molar-refractivity contribution is -0.148. The number of primary amides is 1. The van der Waals surface area contributed by atoms with Crippen molar-refractivity contribution in [3.8, 4) is 16.9 Å². The molecule has 3 aliphatic carbocycles. The Morgan fingerprint density at radius 1 is 1.02 bits per heavy atom. The first-order chi connectivity index (χ1) is 20.7. The molecule has 0 radical (unpaired) electrons. The van der Waals surface area contributed by atoms with Crippen LogP contribution in [0.15, 0.2) is 59.1 Å². The standard InChI is InChI=1S/C32H36N4O8/c1-35(2)14-22(38)34-13-15-5-7-16(8-6-15)18-9-10-21(37)24-19(18)11-17-12-20-26(36(3)4)28(40)25(31(33)43)30(42)32(20,44)29(41)23(17)27(24)39/h5-10,17,20,26,37,40-41,44H,11-14H2,1-4H3,(H2,33,43)(H,34,38). The highest BCUT2D eigenvalue weighted by atomic mass is 16.3. The number of ketones is 2. The number of amides is 2. The number of allylic oxidation sites excluding steroid dienone is 1. The van der Waals surface area contributed by atoms with E-state index in [0.717, 1.165) is 11.1 Å². The third-order valence-corrected chi connectivity index (χ3v) is 8.82. The zero-order valence-electron chi connectivity index (χ0n) is 24.9. The summed E-state index contributed by atoms with van der Waals surface area (Å²) in [6, 6.07) is 9.42. The molecular formula is C32H36N4O8. The lowest BCUT2D eigenvalue weighted by Gasteiger charge is -2.50. The predicted molar refractivity (Wildman–Crippen MR) is 160 cm³/mol. The van der Waals surface area contributed by atoms with Gasteiger partial charge in [-0.15, -0.1) is 0 Å². The largest absolute Gasteiger partial charge is 0.510 e. The highest BCUT2D eigenvalue weighted by Gasteiger charge is 2.63. The van der Waals surface area contributed by atoms with Crippen molar-refractivity contribution in [3.63, 3.8) is 0 Å². The summed E-state index contributed by atoms with van der Waals surface area (Å²) in [6.07, 6.45) is 0.188. The van der Waals surface area contributed by atoms with Crippen LogP contribution >= 0.6 is 0 Å². The molecule has 5 rings (SSSR count). The first-order valence-corrected chi connectivity index (χ1v) is 14.2. The lowest BCUT2D eigenvalue weighted by Crippen LogP contribution is -2.63. The number of nitrogens with one attached hydrogen (secondary N) is 1. The van der Waals surface area contributed by atoms with Crippen molar-refractivity contribution in [2.24, 2.45) is 17.6 Å². The van der Waals surface area contributed by atoms with Gasteiger partial charge in [0, 0.05) is 18.0 Å². The Hall–Kier alpha value is -4.52. The second-order valence-electron chi connectivity index (χ2n) is 12.2. The number of nitrogens with zero attached hydrogens (tertiary/aromatic N) is 2. The van der Waals surface area contributed by atoms with E-state index in [1.165, 1.54) is 11.0 Å². The van der Waals surface area contributed by atoms with E-state index in [0.29, 0.717) is 17.7 Å². The minimum absolute atomic E-state index is 0.00639. The highest BCUT2D eigenvalue weighted by Crippen LogP contribution is 2.53. The number of nitrogens with two attached hydrogens (primary N) is 1. The normalized spacial score (nSPS) is 24.8. The van der Waals surface area contributed by atoms with Gasteiger partial charge in [0.25, 0.3) is 5.91 Å². The zero-order chi connectivity index (χ0) is 32.2. The smallest absolute Gasteiger partial charge is 0.255 e. The van der Waals surface area contributed by atoms with Crippen LogP contribution in [0.25, 0.3) is 11.1 Å². The number of hydrogen-bond donors (Lipinski definition) is 6. The first kappa shape index (κ1) is 30.9. The Morgan fingerprint density at radius 2 is 1.68 bits per heavy atom. The van der Waals surface area contributed by atoms with Crippen LogP contribution in [0, 0.1) is 11.8 Å². The van der Waals surface area contributed by atoms with Gasteiger partial charge in [-0.2, -0.15) is 0 Å². The summed E-state index contributed by atoms with van der Waals surface area (Å²) in [5.41, 5.74) is 4.43. The van der Waals surface area contributed by atoms with Crippen LogP contribution in [0.3, 0.4) is 0 Å². The van der Waals surface area contributed by atoms with E-state index >= 15 is 0 Å². The number of aliphatic hydroxyl groups excluding tert-OH is 2. The Labute approximate surface area is 254 Å². The maximum atomic E-state index is 14.0. The lowest BCUT2D eigenvalue weighted by atomic mass is 9.58. The minimum atomic E-state index is -2.68. The third-order valence-electron chi connectivity index (χ3n) is 8.82. The molecule has 4 unspecified atom stereocenters. The summed E-state index contributed by atoms with van der Waals surface area (Å²) in [6.45, 7) is 0.603. The quantitative estimate of drug-likeness (QED) is 0.248. The Morgan fingerprint density at radius 3 is 2.27 bits per heavy atom. The molecule has 0 aliphatic heterocycles. The molecule has 3 aliphatic rings. The fourth-order valence-electron chi connectivity index (χ4n) is 6.87. The summed E-state index contributed by atoms with van der Waals surface area (Å²) in [5, 5.41) is 47.8. The van der Waals surface area contributed by atoms with Gasteiger partial charge in [0.2, 0.25) is 11.7 Å². The van der Waals surface area contributed by atoms with Crippen molar-refractivity contribution in [3.05, 3.63) is 75.8 Å². The monoisotopic (exact) mass is 604 g/mol. The maximum absolute atomic E-state index is 14.0. The second-order valence-corrected chi connectivity index (χ2v) is 12.2. The molecule has 44 heavy (non-hydrogen) atoms. The van der Waals surface area contributed by atoms with E-state index in [1.54, 1.807) is 39.2 Å². The van der Waals surface area contributed by atoms with E-state index in [2.05, 4.69) is 5.32 Å². The van der Waals surface area contributed by atoms with Crippen molar-refractivity contribution in [2.75, 3.05) is 34.7 Å². The van der Waals surface area contributed by atoms with E-state index in [4.69, 9.17) is 5.73 Å². The van der Waals surface area contributed by atoms with Crippen LogP contribution in [0.4, 0.5) is 0 Å². The van der Waals surface area contributed by atoms with Crippen molar-refractivity contribution < 1.29 is 39.6 Å².